The third-order valence-corrected chi connectivity index (χ3v) is 4.85. The SMILES string of the molecule is COc1cc(/C=C/C(=O)N2CCC(C(=O)Nc3cc(C)on3)CC2)cc(OC)c1. The molecule has 0 bridgehead atoms. The Kier molecular flexibility index (Phi) is 6.54. The second-order valence-electron chi connectivity index (χ2n) is 6.89. The van der Waals surface area contributed by atoms with Crippen molar-refractivity contribution in [1.82, 2.24) is 10.1 Å². The van der Waals surface area contributed by atoms with Crippen LogP contribution in [0.4, 0.5) is 5.82 Å². The molecule has 0 unspecified atom stereocenters. The molecule has 2 aromatic rings. The molecule has 1 N–H and O–H groups in total. The maximum atomic E-state index is 12.5. The Morgan fingerprint density at radius 1 is 1.14 bits per heavy atom. The fourth-order valence-electron chi connectivity index (χ4n) is 3.21. The zero-order valence-electron chi connectivity index (χ0n) is 16.8. The Labute approximate surface area is 169 Å². The summed E-state index contributed by atoms with van der Waals surface area (Å²) in [6.45, 7) is 2.82. The lowest BCUT2D eigenvalue weighted by Gasteiger charge is -2.30. The number of hydrogen-bond donors (Lipinski definition) is 1. The molecule has 1 fully saturated rings. The number of amides is 2. The topological polar surface area (TPSA) is 93.9 Å². The molecule has 0 aliphatic carbocycles. The second-order valence-corrected chi connectivity index (χ2v) is 6.89. The van der Waals surface area contributed by atoms with Crippen molar-refractivity contribution in [3.05, 3.63) is 41.7 Å². The summed E-state index contributed by atoms with van der Waals surface area (Å²) in [5.74, 6) is 2.05. The van der Waals surface area contributed by atoms with Crippen LogP contribution in [0.15, 0.2) is 34.9 Å². The van der Waals surface area contributed by atoms with E-state index in [1.54, 1.807) is 44.3 Å². The zero-order valence-corrected chi connectivity index (χ0v) is 16.8. The number of nitrogens with zero attached hydrogens (tertiary/aromatic N) is 2. The molecule has 1 aliphatic rings. The summed E-state index contributed by atoms with van der Waals surface area (Å²) in [5, 5.41) is 6.53. The lowest BCUT2D eigenvalue weighted by Crippen LogP contribution is -2.40. The van der Waals surface area contributed by atoms with Crippen LogP contribution in [-0.4, -0.2) is 49.2 Å². The van der Waals surface area contributed by atoms with Crippen molar-refractivity contribution >= 4 is 23.7 Å². The second kappa shape index (κ2) is 9.27. The van der Waals surface area contributed by atoms with Crippen molar-refractivity contribution in [2.45, 2.75) is 19.8 Å². The number of likely N-dealkylation sites (tertiary alicyclic amines) is 1. The van der Waals surface area contributed by atoms with Crippen LogP contribution < -0.4 is 14.8 Å². The van der Waals surface area contributed by atoms with Gasteiger partial charge in [-0.05, 0) is 43.5 Å². The summed E-state index contributed by atoms with van der Waals surface area (Å²) in [6.07, 6.45) is 4.48. The van der Waals surface area contributed by atoms with Gasteiger partial charge < -0.3 is 24.2 Å². The van der Waals surface area contributed by atoms with Gasteiger partial charge in [0, 0.05) is 37.2 Å². The summed E-state index contributed by atoms with van der Waals surface area (Å²) < 4.78 is 15.4. The lowest BCUT2D eigenvalue weighted by atomic mass is 9.96. The lowest BCUT2D eigenvalue weighted by molar-refractivity contribution is -0.130. The normalized spacial score (nSPS) is 14.8. The minimum Gasteiger partial charge on any atom is -0.497 e. The van der Waals surface area contributed by atoms with Crippen LogP contribution in [0.5, 0.6) is 11.5 Å². The highest BCUT2D eigenvalue weighted by atomic mass is 16.5. The number of aryl methyl sites for hydroxylation is 1. The number of ether oxygens (including phenoxy) is 2. The van der Waals surface area contributed by atoms with Gasteiger partial charge in [-0.3, -0.25) is 9.59 Å². The number of benzene rings is 1. The molecule has 1 aliphatic heterocycles. The number of piperidine rings is 1. The first-order chi connectivity index (χ1) is 14.0. The summed E-state index contributed by atoms with van der Waals surface area (Å²) in [6, 6.07) is 7.10. The largest absolute Gasteiger partial charge is 0.497 e. The van der Waals surface area contributed by atoms with E-state index in [-0.39, 0.29) is 17.7 Å². The molecule has 0 atom stereocenters. The van der Waals surface area contributed by atoms with E-state index in [0.29, 0.717) is 49.0 Å². The average Bonchev–Trinajstić information content (AvgIpc) is 3.16. The number of carbonyl (C=O) groups excluding carboxylic acids is 2. The molecule has 2 amide bonds. The molecule has 2 heterocycles. The van der Waals surface area contributed by atoms with Crippen molar-refractivity contribution in [2.75, 3.05) is 32.6 Å². The average molecular weight is 399 g/mol. The molecule has 29 heavy (non-hydrogen) atoms. The first-order valence-corrected chi connectivity index (χ1v) is 9.42. The Balaban J connectivity index is 1.53. The minimum absolute atomic E-state index is 0.0854. The fourth-order valence-corrected chi connectivity index (χ4v) is 3.21. The van der Waals surface area contributed by atoms with Gasteiger partial charge in [0.15, 0.2) is 5.82 Å². The van der Waals surface area contributed by atoms with Crippen molar-refractivity contribution in [1.29, 1.82) is 0 Å². The highest BCUT2D eigenvalue weighted by Gasteiger charge is 2.27. The number of carbonyl (C=O) groups is 2. The summed E-state index contributed by atoms with van der Waals surface area (Å²) in [5.41, 5.74) is 0.812. The minimum atomic E-state index is -0.150. The van der Waals surface area contributed by atoms with E-state index >= 15 is 0 Å². The number of rotatable bonds is 6. The number of nitrogens with one attached hydrogen (secondary N) is 1. The highest BCUT2D eigenvalue weighted by molar-refractivity contribution is 5.93. The monoisotopic (exact) mass is 399 g/mol. The molecular weight excluding hydrogens is 374 g/mol. The first-order valence-electron chi connectivity index (χ1n) is 9.42. The van der Waals surface area contributed by atoms with E-state index in [4.69, 9.17) is 14.0 Å². The van der Waals surface area contributed by atoms with Gasteiger partial charge in [0.2, 0.25) is 11.8 Å². The molecule has 0 spiro atoms. The molecule has 154 valence electrons. The maximum absolute atomic E-state index is 12.5. The fraction of sp³-hybridized carbons (Fsp3) is 0.381. The van der Waals surface area contributed by atoms with Gasteiger partial charge in [-0.1, -0.05) is 5.16 Å². The maximum Gasteiger partial charge on any atom is 0.246 e. The number of aromatic nitrogens is 1. The van der Waals surface area contributed by atoms with Crippen molar-refractivity contribution in [2.24, 2.45) is 5.92 Å². The van der Waals surface area contributed by atoms with E-state index in [0.717, 1.165) is 5.56 Å². The van der Waals surface area contributed by atoms with Gasteiger partial charge in [0.25, 0.3) is 0 Å². The summed E-state index contributed by atoms with van der Waals surface area (Å²) in [7, 11) is 3.16. The first kappa shape index (κ1) is 20.4. The molecule has 0 saturated carbocycles. The molecule has 0 radical (unpaired) electrons. The van der Waals surface area contributed by atoms with Gasteiger partial charge >= 0.3 is 0 Å². The third-order valence-electron chi connectivity index (χ3n) is 4.85. The van der Waals surface area contributed by atoms with Crippen LogP contribution in [0.3, 0.4) is 0 Å². The summed E-state index contributed by atoms with van der Waals surface area (Å²) >= 11 is 0. The van der Waals surface area contributed by atoms with Gasteiger partial charge in [-0.25, -0.2) is 0 Å². The molecular formula is C21H25N3O5. The van der Waals surface area contributed by atoms with Crippen molar-refractivity contribution in [3.63, 3.8) is 0 Å². The van der Waals surface area contributed by atoms with Gasteiger partial charge in [-0.2, -0.15) is 0 Å². The number of methoxy groups -OCH3 is 2. The van der Waals surface area contributed by atoms with E-state index in [2.05, 4.69) is 10.5 Å². The Morgan fingerprint density at radius 2 is 1.79 bits per heavy atom. The predicted molar refractivity (Wildman–Crippen MR) is 108 cm³/mol. The smallest absolute Gasteiger partial charge is 0.246 e. The van der Waals surface area contributed by atoms with E-state index in [9.17, 15) is 9.59 Å². The summed E-state index contributed by atoms with van der Waals surface area (Å²) in [4.78, 5) is 26.6. The van der Waals surface area contributed by atoms with Gasteiger partial charge in [-0.15, -0.1) is 0 Å². The molecule has 8 nitrogen and oxygen atoms in total. The third kappa shape index (κ3) is 5.37. The van der Waals surface area contributed by atoms with Gasteiger partial charge in [0.1, 0.15) is 17.3 Å². The van der Waals surface area contributed by atoms with E-state index < -0.39 is 0 Å². The Morgan fingerprint density at radius 3 is 2.34 bits per heavy atom. The quantitative estimate of drug-likeness (QED) is 0.751. The van der Waals surface area contributed by atoms with Crippen molar-refractivity contribution < 1.29 is 23.6 Å². The molecule has 1 saturated heterocycles. The van der Waals surface area contributed by atoms with Gasteiger partial charge in [0.05, 0.1) is 14.2 Å². The van der Waals surface area contributed by atoms with E-state index in [1.165, 1.54) is 6.08 Å². The van der Waals surface area contributed by atoms with Crippen LogP contribution in [0.25, 0.3) is 6.08 Å². The predicted octanol–water partition coefficient (Wildman–Crippen LogP) is 2.89. The zero-order chi connectivity index (χ0) is 20.8. The van der Waals surface area contributed by atoms with Crippen LogP contribution in [0, 0.1) is 12.8 Å². The Bertz CT molecular complexity index is 875. The standard InChI is InChI=1S/C21H25N3O5/c1-14-10-19(23-29-14)22-21(26)16-6-8-24(9-7-16)20(25)5-4-15-11-17(27-2)13-18(12-15)28-3/h4-5,10-13,16H,6-9H2,1-3H3,(H,22,23,26)/b5-4+. The van der Waals surface area contributed by atoms with Crippen LogP contribution in [0.1, 0.15) is 24.2 Å². The number of anilines is 1. The number of hydrogen-bond acceptors (Lipinski definition) is 6. The van der Waals surface area contributed by atoms with E-state index in [1.807, 2.05) is 12.1 Å². The molecule has 1 aromatic heterocycles. The molecule has 3 rings (SSSR count). The molecule has 8 heteroatoms. The Hall–Kier alpha value is -3.29. The van der Waals surface area contributed by atoms with Crippen LogP contribution in [0.2, 0.25) is 0 Å². The van der Waals surface area contributed by atoms with Crippen LogP contribution in [-0.2, 0) is 9.59 Å². The van der Waals surface area contributed by atoms with Crippen LogP contribution >= 0.6 is 0 Å². The highest BCUT2D eigenvalue weighted by Crippen LogP contribution is 2.24. The van der Waals surface area contributed by atoms with Crippen molar-refractivity contribution in [3.8, 4) is 11.5 Å². The molecule has 1 aromatic carbocycles.